The van der Waals surface area contributed by atoms with Gasteiger partial charge in [0.25, 0.3) is 0 Å². The van der Waals surface area contributed by atoms with Crippen LogP contribution >= 0.6 is 0 Å². The SMILES string of the molecule is CCCCOc1cc2c(OC(=O)[C@@]34CC[C@@](C)(C(=O)O3)C4(C)C)ccc(OC(=O)[C@@]34CC[C@@](C)(C(=O)O3)C4(C)C)c2c2c1ccc1oc3ccc4c(OCCCC)cc5c(OC(=O)[C@@]67CC[C@@](C)(C(=O)O6)C7(C)C)ccc(OC(=O)[C@@]67CC[C@@](C)(C(=O)O6)C7(C)C)c5c4c3c12. The molecule has 0 amide bonds. The summed E-state index contributed by atoms with van der Waals surface area (Å²) < 4.78 is 71.9. The van der Waals surface area contributed by atoms with Gasteiger partial charge in [0.05, 0.1) is 34.9 Å². The Morgan fingerprint density at radius 3 is 0.895 bits per heavy atom. The molecule has 6 aromatic carbocycles. The third kappa shape index (κ3) is 7.32. The Bertz CT molecular complexity index is 4430. The van der Waals surface area contributed by atoms with Crippen LogP contribution in [0.25, 0.3) is 65.0 Å². The Balaban J connectivity index is 1.04. The molecule has 4 saturated carbocycles. The van der Waals surface area contributed by atoms with Crippen LogP contribution in [-0.2, 0) is 57.3 Å². The molecule has 498 valence electrons. The molecule has 8 aliphatic rings. The number of carbonyl (C=O) groups is 8. The van der Waals surface area contributed by atoms with Crippen molar-refractivity contribution in [2.75, 3.05) is 13.2 Å². The van der Waals surface area contributed by atoms with E-state index in [-0.39, 0.29) is 83.4 Å². The summed E-state index contributed by atoms with van der Waals surface area (Å²) in [6.07, 6.45) is 5.14. The van der Waals surface area contributed by atoms with Crippen molar-refractivity contribution >= 4 is 113 Å². The maximum absolute atomic E-state index is 15.5. The molecule has 4 saturated heterocycles. The quantitative estimate of drug-likeness (QED) is 0.0287. The van der Waals surface area contributed by atoms with Gasteiger partial charge in [0.15, 0.2) is 0 Å². The number of hydrogen-bond acceptors (Lipinski definition) is 19. The van der Waals surface area contributed by atoms with E-state index < -0.39 is 113 Å². The predicted molar refractivity (Wildman–Crippen MR) is 347 cm³/mol. The number of furan rings is 1. The van der Waals surface area contributed by atoms with E-state index in [0.717, 1.165) is 12.8 Å². The minimum atomic E-state index is -1.70. The molecule has 0 N–H and O–H groups in total. The maximum atomic E-state index is 15.5. The minimum Gasteiger partial charge on any atom is -0.493 e. The molecule has 5 heterocycles. The summed E-state index contributed by atoms with van der Waals surface area (Å²) >= 11 is 0. The molecule has 4 aliphatic heterocycles. The van der Waals surface area contributed by atoms with E-state index in [0.29, 0.717) is 93.5 Å². The van der Waals surface area contributed by atoms with Crippen LogP contribution in [0.3, 0.4) is 0 Å². The Morgan fingerprint density at radius 2 is 0.632 bits per heavy atom. The molecule has 8 atom stereocenters. The normalized spacial score (nSPS) is 31.4. The van der Waals surface area contributed by atoms with Crippen molar-refractivity contribution < 1.29 is 90.1 Å². The first-order valence-electron chi connectivity index (χ1n) is 33.6. The zero-order chi connectivity index (χ0) is 67.8. The van der Waals surface area contributed by atoms with Crippen molar-refractivity contribution in [3.05, 3.63) is 60.7 Å². The molecule has 8 fully saturated rings. The van der Waals surface area contributed by atoms with E-state index in [4.69, 9.17) is 51.8 Å². The summed E-state index contributed by atoms with van der Waals surface area (Å²) in [5.74, 6) is -4.56. The first-order valence-corrected chi connectivity index (χ1v) is 33.6. The van der Waals surface area contributed by atoms with Crippen LogP contribution in [0.15, 0.2) is 65.1 Å². The Labute approximate surface area is 548 Å². The average Bonchev–Trinajstić information content (AvgIpc) is 1.58. The summed E-state index contributed by atoms with van der Waals surface area (Å²) in [4.78, 5) is 117. The van der Waals surface area contributed by atoms with Gasteiger partial charge in [-0.1, -0.05) is 82.1 Å². The van der Waals surface area contributed by atoms with Gasteiger partial charge < -0.3 is 51.8 Å². The van der Waals surface area contributed by atoms with E-state index in [1.165, 1.54) is 24.3 Å². The smallest absolute Gasteiger partial charge is 0.356 e. The van der Waals surface area contributed by atoms with E-state index in [9.17, 15) is 19.2 Å². The van der Waals surface area contributed by atoms with Gasteiger partial charge in [0.1, 0.15) is 45.7 Å². The third-order valence-corrected chi connectivity index (χ3v) is 26.7. The number of carbonyl (C=O) groups excluding carboxylic acids is 8. The first-order chi connectivity index (χ1) is 44.7. The summed E-state index contributed by atoms with van der Waals surface area (Å²) in [7, 11) is 0. The number of esters is 8. The van der Waals surface area contributed by atoms with Crippen molar-refractivity contribution in [1.29, 1.82) is 0 Å². The highest BCUT2D eigenvalue weighted by Crippen LogP contribution is 2.70. The molecule has 95 heavy (non-hydrogen) atoms. The Hall–Kier alpha value is -8.48. The van der Waals surface area contributed by atoms with E-state index in [2.05, 4.69) is 0 Å². The van der Waals surface area contributed by atoms with Crippen LogP contribution in [0.2, 0.25) is 0 Å². The number of benzene rings is 6. The fourth-order valence-corrected chi connectivity index (χ4v) is 18.0. The molecule has 15 rings (SSSR count). The predicted octanol–water partition coefficient (Wildman–Crippen LogP) is 14.7. The zero-order valence-electron chi connectivity index (χ0n) is 56.4. The lowest BCUT2D eigenvalue weighted by Gasteiger charge is -2.35. The highest BCUT2D eigenvalue weighted by Gasteiger charge is 2.80. The van der Waals surface area contributed by atoms with Crippen molar-refractivity contribution in [3.8, 4) is 34.5 Å². The number of unbranched alkanes of at least 4 members (excludes halogenated alkanes) is 2. The average molecular weight is 1300 g/mol. The molecule has 8 bridgehead atoms. The molecule has 0 unspecified atom stereocenters. The van der Waals surface area contributed by atoms with Crippen LogP contribution < -0.4 is 28.4 Å². The van der Waals surface area contributed by atoms with Gasteiger partial charge in [-0.15, -0.1) is 0 Å². The number of hydrogen-bond donors (Lipinski definition) is 0. The van der Waals surface area contributed by atoms with E-state index in [1.807, 2.05) is 81.4 Å². The monoisotopic (exact) mass is 1300 g/mol. The summed E-state index contributed by atoms with van der Waals surface area (Å²) in [5, 5.41) is 3.58. The number of fused-ring (bicyclic) bond motifs is 19. The van der Waals surface area contributed by atoms with Gasteiger partial charge in [0, 0.05) is 75.5 Å². The van der Waals surface area contributed by atoms with Crippen molar-refractivity contribution in [2.24, 2.45) is 43.3 Å². The second kappa shape index (κ2) is 19.6. The van der Waals surface area contributed by atoms with Gasteiger partial charge in [-0.05, 0) is 153 Å². The van der Waals surface area contributed by atoms with Crippen LogP contribution in [0.5, 0.6) is 34.5 Å². The third-order valence-electron chi connectivity index (χ3n) is 26.7. The zero-order valence-corrected chi connectivity index (χ0v) is 56.4. The van der Waals surface area contributed by atoms with Crippen LogP contribution in [0.4, 0.5) is 0 Å². The minimum absolute atomic E-state index is 0.00955. The van der Waals surface area contributed by atoms with Gasteiger partial charge in [-0.3, -0.25) is 19.2 Å². The van der Waals surface area contributed by atoms with E-state index >= 15 is 19.2 Å². The van der Waals surface area contributed by atoms with Crippen molar-refractivity contribution in [3.63, 3.8) is 0 Å². The van der Waals surface area contributed by atoms with Crippen LogP contribution in [-0.4, -0.2) is 83.4 Å². The van der Waals surface area contributed by atoms with Crippen LogP contribution in [0, 0.1) is 43.3 Å². The van der Waals surface area contributed by atoms with Crippen LogP contribution in [0.1, 0.15) is 174 Å². The second-order valence-electron chi connectivity index (χ2n) is 31.2. The largest absolute Gasteiger partial charge is 0.493 e. The molecule has 7 aromatic rings. The van der Waals surface area contributed by atoms with Gasteiger partial charge in [0.2, 0.25) is 22.4 Å². The fourth-order valence-electron chi connectivity index (χ4n) is 18.0. The van der Waals surface area contributed by atoms with Gasteiger partial charge in [-0.2, -0.15) is 0 Å². The highest BCUT2D eigenvalue weighted by atomic mass is 16.6. The first kappa shape index (κ1) is 62.6. The summed E-state index contributed by atoms with van der Waals surface area (Å²) in [6.45, 7) is 26.5. The Morgan fingerprint density at radius 1 is 0.347 bits per heavy atom. The molecule has 4 aliphatic carbocycles. The Kier molecular flexibility index (Phi) is 12.9. The molecule has 19 nitrogen and oxygen atoms in total. The summed E-state index contributed by atoms with van der Waals surface area (Å²) in [5.41, 5.74) is -14.1. The molecular formula is C76H80O19. The van der Waals surface area contributed by atoms with Gasteiger partial charge in [-0.25, -0.2) is 19.2 Å². The molecular weight excluding hydrogens is 1220 g/mol. The lowest BCUT2D eigenvalue weighted by molar-refractivity contribution is -0.176. The fraction of sp³-hybridized carbons (Fsp3) is 0.526. The molecule has 19 heteroatoms. The van der Waals surface area contributed by atoms with Crippen molar-refractivity contribution in [2.45, 2.75) is 196 Å². The molecule has 0 radical (unpaired) electrons. The molecule has 1 aromatic heterocycles. The topological polar surface area (TPSA) is 242 Å². The summed E-state index contributed by atoms with van der Waals surface area (Å²) in [6, 6.07) is 16.8. The van der Waals surface area contributed by atoms with Gasteiger partial charge >= 0.3 is 47.8 Å². The van der Waals surface area contributed by atoms with E-state index in [1.54, 1.807) is 52.0 Å². The maximum Gasteiger partial charge on any atom is 0.356 e. The molecule has 0 spiro atoms. The highest BCUT2D eigenvalue weighted by molar-refractivity contribution is 6.37. The lowest BCUT2D eigenvalue weighted by atomic mass is 9.66. The number of rotatable bonds is 16. The standard InChI is InChI=1S/C76H80O19/c1-15-17-35-85-49-37-41-43(88-61(81)73-31-27-69(11,57(77)92-73)65(73,3)4)23-25-45(90-63(83)75-33-29-71(13,59(79)94-75)67(75,7)8)51(41)53-39(49)19-21-47-55(53)56-48(87-47)22-20-40-50(86-36-18-16-2)38-42-44(89-62(82)74-32-28-70(12,58(78)93-74)66(74,5)6)24-26-46(52(42)54(40)56)91-64(84)76-34-30-72(14,60(80)95-76)68(76,9)10/h19-26,37-38H,15-18,27-36H2,1-14H3/t69-,70-,71-,72-,73+,74+,75+,76+/m0/s1. The number of ether oxygens (including phenoxy) is 10. The second-order valence-corrected chi connectivity index (χ2v) is 31.2. The van der Waals surface area contributed by atoms with Crippen molar-refractivity contribution in [1.82, 2.24) is 0 Å². The lowest BCUT2D eigenvalue weighted by Crippen LogP contribution is -2.50.